The zero-order valence-electron chi connectivity index (χ0n) is 19.9. The summed E-state index contributed by atoms with van der Waals surface area (Å²) < 4.78 is 0. The van der Waals surface area contributed by atoms with E-state index >= 15 is 0 Å². The van der Waals surface area contributed by atoms with E-state index in [0.29, 0.717) is 11.1 Å². The van der Waals surface area contributed by atoms with Crippen LogP contribution >= 0.6 is 0 Å². The van der Waals surface area contributed by atoms with Crippen molar-refractivity contribution in [2.45, 2.75) is 0 Å². The molecule has 2 aromatic heterocycles. The van der Waals surface area contributed by atoms with Gasteiger partial charge in [-0.25, -0.2) is 0 Å². The minimum Gasteiger partial charge on any atom is -0.508 e. The Morgan fingerprint density at radius 1 is 0.526 bits per heavy atom. The highest BCUT2D eigenvalue weighted by atomic mass is 16.3. The fourth-order valence-electron chi connectivity index (χ4n) is 5.50. The zero-order valence-corrected chi connectivity index (χ0v) is 19.9. The Morgan fingerprint density at radius 2 is 0.921 bits per heavy atom. The predicted octanol–water partition coefficient (Wildman–Crippen LogP) is 7.44. The first-order valence-corrected chi connectivity index (χ1v) is 12.0. The normalized spacial score (nSPS) is 11.3. The number of rotatable bonds is 2. The molecule has 0 unspecified atom stereocenters. The lowest BCUT2D eigenvalue weighted by atomic mass is 9.89. The Labute approximate surface area is 216 Å². The van der Waals surface area contributed by atoms with Gasteiger partial charge >= 0.3 is 0 Å². The summed E-state index contributed by atoms with van der Waals surface area (Å²) in [5, 5.41) is 43.1. The van der Waals surface area contributed by atoms with Gasteiger partial charge in [0.05, 0.1) is 34.3 Å². The number of fused-ring (bicyclic) bond motifs is 6. The number of benzene rings is 5. The van der Waals surface area contributed by atoms with Crippen LogP contribution < -0.4 is 0 Å². The molecule has 0 fully saturated rings. The van der Waals surface area contributed by atoms with Crippen LogP contribution in [0.4, 0.5) is 0 Å². The third-order valence-corrected chi connectivity index (χ3v) is 7.17. The van der Waals surface area contributed by atoms with Crippen LogP contribution in [0.1, 0.15) is 11.1 Å². The van der Waals surface area contributed by atoms with Crippen molar-refractivity contribution >= 4 is 43.6 Å². The van der Waals surface area contributed by atoms with Crippen LogP contribution in [0.25, 0.3) is 65.9 Å². The SMILES string of the molecule is N#Cc1ccc(-c2c3[nH]c4ccc(O)cc4c3c(-c3ccc(C#N)cc3)c3[nH]c4ccc(O)cc4c23)cc1. The van der Waals surface area contributed by atoms with Gasteiger partial charge in [-0.3, -0.25) is 0 Å². The monoisotopic (exact) mass is 490 g/mol. The van der Waals surface area contributed by atoms with Crippen LogP contribution in [0.15, 0.2) is 84.9 Å². The van der Waals surface area contributed by atoms with Crippen LogP contribution in [0.5, 0.6) is 11.5 Å². The molecule has 0 radical (unpaired) electrons. The molecule has 7 aromatic rings. The highest BCUT2D eigenvalue weighted by molar-refractivity contribution is 6.32. The number of aromatic nitrogens is 2. The summed E-state index contributed by atoms with van der Waals surface area (Å²) >= 11 is 0. The fourth-order valence-corrected chi connectivity index (χ4v) is 5.50. The number of nitriles is 2. The summed E-state index contributed by atoms with van der Waals surface area (Å²) in [6.45, 7) is 0. The predicted molar refractivity (Wildman–Crippen MR) is 149 cm³/mol. The average molecular weight is 491 g/mol. The molecule has 0 aliphatic carbocycles. The molecule has 0 bridgehead atoms. The van der Waals surface area contributed by atoms with Crippen molar-refractivity contribution in [3.8, 4) is 45.9 Å². The second-order valence-electron chi connectivity index (χ2n) is 9.34. The van der Waals surface area contributed by atoms with E-state index in [1.54, 1.807) is 48.5 Å². The van der Waals surface area contributed by atoms with Crippen molar-refractivity contribution in [3.05, 3.63) is 96.1 Å². The topological polar surface area (TPSA) is 120 Å². The van der Waals surface area contributed by atoms with Gasteiger partial charge in [0.1, 0.15) is 11.5 Å². The van der Waals surface area contributed by atoms with Gasteiger partial charge in [-0.05, 0) is 71.8 Å². The second kappa shape index (κ2) is 7.89. The summed E-state index contributed by atoms with van der Waals surface area (Å²) in [7, 11) is 0. The molecule has 2 heterocycles. The van der Waals surface area contributed by atoms with Crippen LogP contribution in [-0.2, 0) is 0 Å². The molecule has 0 aliphatic heterocycles. The lowest BCUT2D eigenvalue weighted by Crippen LogP contribution is -1.89. The van der Waals surface area contributed by atoms with E-state index in [0.717, 1.165) is 65.9 Å². The average Bonchev–Trinajstić information content (AvgIpc) is 3.50. The molecule has 0 atom stereocenters. The van der Waals surface area contributed by atoms with Gasteiger partial charge in [0.15, 0.2) is 0 Å². The Hall–Kier alpha value is -5.72. The second-order valence-corrected chi connectivity index (χ2v) is 9.34. The van der Waals surface area contributed by atoms with Gasteiger partial charge in [0.2, 0.25) is 0 Å². The van der Waals surface area contributed by atoms with E-state index in [2.05, 4.69) is 22.1 Å². The minimum atomic E-state index is 0.158. The number of aromatic hydroxyl groups is 2. The molecular formula is C32H18N4O2. The third-order valence-electron chi connectivity index (χ3n) is 7.17. The first-order chi connectivity index (χ1) is 18.6. The highest BCUT2D eigenvalue weighted by Gasteiger charge is 2.24. The summed E-state index contributed by atoms with van der Waals surface area (Å²) in [6.07, 6.45) is 0. The van der Waals surface area contributed by atoms with Crippen molar-refractivity contribution in [2.75, 3.05) is 0 Å². The molecule has 4 N–H and O–H groups in total. The van der Waals surface area contributed by atoms with Crippen molar-refractivity contribution in [1.29, 1.82) is 10.5 Å². The molecule has 5 aromatic carbocycles. The minimum absolute atomic E-state index is 0.158. The largest absolute Gasteiger partial charge is 0.508 e. The Kier molecular flexibility index (Phi) is 4.48. The summed E-state index contributed by atoms with van der Waals surface area (Å²) in [5.74, 6) is 0.316. The number of aromatic amines is 2. The number of nitrogens with zero attached hydrogens (tertiary/aromatic N) is 2. The number of H-pyrrole nitrogens is 2. The summed E-state index contributed by atoms with van der Waals surface area (Å²) in [6, 6.07) is 29.8. The maximum Gasteiger partial charge on any atom is 0.116 e. The third kappa shape index (κ3) is 3.05. The highest BCUT2D eigenvalue weighted by Crippen LogP contribution is 2.49. The maximum atomic E-state index is 10.4. The van der Waals surface area contributed by atoms with Gasteiger partial charge in [-0.15, -0.1) is 0 Å². The van der Waals surface area contributed by atoms with Crippen molar-refractivity contribution < 1.29 is 10.2 Å². The Balaban J connectivity index is 1.76. The standard InChI is InChI=1S/C32H18N4O2/c33-15-17-1-5-19(6-2-17)27-29-23-13-21(37)9-11-25(23)36-32(29)28(20-7-3-18(16-34)4-8-20)30-24-14-22(38)10-12-26(24)35-31(27)30/h1-14,35-38H. The van der Waals surface area contributed by atoms with Crippen molar-refractivity contribution in [2.24, 2.45) is 0 Å². The molecule has 0 saturated heterocycles. The van der Waals surface area contributed by atoms with E-state index in [-0.39, 0.29) is 11.5 Å². The number of phenolic OH excluding ortho intramolecular Hbond substituents is 2. The van der Waals surface area contributed by atoms with Gasteiger partial charge < -0.3 is 20.2 Å². The first kappa shape index (κ1) is 21.6. The molecule has 0 amide bonds. The number of hydrogen-bond acceptors (Lipinski definition) is 4. The van der Waals surface area contributed by atoms with E-state index in [1.165, 1.54) is 0 Å². The molecule has 0 aliphatic rings. The number of phenols is 2. The van der Waals surface area contributed by atoms with E-state index < -0.39 is 0 Å². The smallest absolute Gasteiger partial charge is 0.116 e. The van der Waals surface area contributed by atoms with Gasteiger partial charge in [-0.1, -0.05) is 24.3 Å². The Morgan fingerprint density at radius 3 is 1.29 bits per heavy atom. The zero-order chi connectivity index (χ0) is 26.0. The van der Waals surface area contributed by atoms with E-state index in [1.807, 2.05) is 36.4 Å². The molecular weight excluding hydrogens is 472 g/mol. The molecule has 6 heteroatoms. The summed E-state index contributed by atoms with van der Waals surface area (Å²) in [5.41, 5.74) is 8.24. The van der Waals surface area contributed by atoms with Gasteiger partial charge in [0.25, 0.3) is 0 Å². The summed E-state index contributed by atoms with van der Waals surface area (Å²) in [4.78, 5) is 7.18. The first-order valence-electron chi connectivity index (χ1n) is 12.0. The molecule has 0 spiro atoms. The van der Waals surface area contributed by atoms with Crippen LogP contribution in [-0.4, -0.2) is 20.2 Å². The molecule has 7 rings (SSSR count). The quantitative estimate of drug-likeness (QED) is 0.201. The molecule has 6 nitrogen and oxygen atoms in total. The fraction of sp³-hybridized carbons (Fsp3) is 0. The van der Waals surface area contributed by atoms with E-state index in [4.69, 9.17) is 0 Å². The van der Waals surface area contributed by atoms with Crippen LogP contribution in [0, 0.1) is 22.7 Å². The molecule has 0 saturated carbocycles. The van der Waals surface area contributed by atoms with Crippen molar-refractivity contribution in [1.82, 2.24) is 9.97 Å². The molecule has 38 heavy (non-hydrogen) atoms. The Bertz CT molecular complexity index is 2000. The van der Waals surface area contributed by atoms with Gasteiger partial charge in [-0.2, -0.15) is 10.5 Å². The lowest BCUT2D eigenvalue weighted by Gasteiger charge is -2.13. The number of nitrogens with one attached hydrogen (secondary N) is 2. The lowest BCUT2D eigenvalue weighted by molar-refractivity contribution is 0.475. The maximum absolute atomic E-state index is 10.4. The van der Waals surface area contributed by atoms with Crippen LogP contribution in [0.2, 0.25) is 0 Å². The van der Waals surface area contributed by atoms with Gasteiger partial charge in [0, 0.05) is 43.7 Å². The van der Waals surface area contributed by atoms with Crippen molar-refractivity contribution in [3.63, 3.8) is 0 Å². The number of hydrogen-bond donors (Lipinski definition) is 4. The molecule has 178 valence electrons. The van der Waals surface area contributed by atoms with E-state index in [9.17, 15) is 20.7 Å². The van der Waals surface area contributed by atoms with Crippen LogP contribution in [0.3, 0.4) is 0 Å².